The number of hydrogen-bond acceptors (Lipinski definition) is 0. The minimum atomic E-state index is -0.549. The van der Waals surface area contributed by atoms with Crippen molar-refractivity contribution in [3.8, 4) is 0 Å². The molecule has 3 atom stereocenters. The zero-order valence-corrected chi connectivity index (χ0v) is 16.8. The van der Waals surface area contributed by atoms with E-state index in [0.717, 1.165) is 12.6 Å². The molecule has 1 fully saturated rings. The topological polar surface area (TPSA) is 0 Å². The first-order chi connectivity index (χ1) is 12.7. The third-order valence-corrected chi connectivity index (χ3v) is 9.92. The van der Waals surface area contributed by atoms with Crippen LogP contribution in [0.3, 0.4) is 0 Å². The van der Waals surface area contributed by atoms with Crippen LogP contribution < -0.4 is 5.30 Å². The second kappa shape index (κ2) is 7.73. The van der Waals surface area contributed by atoms with Crippen LogP contribution in [0.25, 0.3) is 0 Å². The summed E-state index contributed by atoms with van der Waals surface area (Å²) in [6.07, 6.45) is 2.04. The lowest BCUT2D eigenvalue weighted by Gasteiger charge is -2.50. The molecule has 0 aliphatic carbocycles. The van der Waals surface area contributed by atoms with E-state index in [0.29, 0.717) is 0 Å². The zero-order valence-electron chi connectivity index (χ0n) is 14.4. The molecule has 1 aliphatic rings. The predicted octanol–water partition coefficient (Wildman–Crippen LogP) is 6.36. The molecule has 1 heterocycles. The lowest BCUT2D eigenvalue weighted by atomic mass is 9.84. The van der Waals surface area contributed by atoms with Crippen molar-refractivity contribution in [3.05, 3.63) is 102 Å². The van der Waals surface area contributed by atoms with Gasteiger partial charge >= 0.3 is 0 Å². The van der Waals surface area contributed by atoms with Crippen LogP contribution in [0.4, 0.5) is 0 Å². The summed E-state index contributed by atoms with van der Waals surface area (Å²) in [5.41, 5.74) is 2.54. The molecule has 3 heteroatoms. The molecule has 0 amide bonds. The summed E-state index contributed by atoms with van der Waals surface area (Å²) in [6.45, 7) is 0. The van der Waals surface area contributed by atoms with E-state index >= 15 is 0 Å². The van der Waals surface area contributed by atoms with Gasteiger partial charge in [-0.25, -0.2) is 0 Å². The van der Waals surface area contributed by atoms with E-state index < -0.39 is 7.92 Å². The van der Waals surface area contributed by atoms with Crippen molar-refractivity contribution in [2.45, 2.75) is 22.3 Å². The highest BCUT2D eigenvalue weighted by Gasteiger charge is 2.53. The van der Waals surface area contributed by atoms with E-state index in [1.54, 1.807) is 0 Å². The summed E-state index contributed by atoms with van der Waals surface area (Å²) in [6, 6.07) is 32.3. The van der Waals surface area contributed by atoms with Crippen molar-refractivity contribution >= 4 is 36.4 Å². The maximum atomic E-state index is 7.19. The van der Waals surface area contributed by atoms with Gasteiger partial charge in [0.15, 0.2) is 0 Å². The third-order valence-electron chi connectivity index (χ3n) is 5.27. The molecule has 0 nitrogen and oxygen atoms in total. The van der Waals surface area contributed by atoms with Crippen LogP contribution in [0.1, 0.15) is 17.5 Å². The molecule has 1 aliphatic heterocycles. The monoisotopic (exact) mass is 398 g/mol. The lowest BCUT2D eigenvalue weighted by molar-refractivity contribution is 0.591. The molecular formula is C23H21Cl2P. The van der Waals surface area contributed by atoms with Gasteiger partial charge in [0.1, 0.15) is 0 Å². The fourth-order valence-electron chi connectivity index (χ4n) is 4.11. The van der Waals surface area contributed by atoms with Crippen LogP contribution >= 0.6 is 31.1 Å². The number of alkyl halides is 2. The fourth-order valence-corrected chi connectivity index (χ4v) is 8.86. The van der Waals surface area contributed by atoms with Gasteiger partial charge in [0, 0.05) is 0 Å². The molecule has 3 unspecified atom stereocenters. The summed E-state index contributed by atoms with van der Waals surface area (Å²) >= 11 is 14.0. The molecular weight excluding hydrogens is 378 g/mol. The minimum absolute atomic E-state index is 0.0421. The van der Waals surface area contributed by atoms with Gasteiger partial charge in [-0.1, -0.05) is 98.9 Å². The molecule has 4 rings (SSSR count). The van der Waals surface area contributed by atoms with Crippen molar-refractivity contribution in [1.29, 1.82) is 0 Å². The molecule has 0 saturated carbocycles. The van der Waals surface area contributed by atoms with Crippen molar-refractivity contribution in [1.82, 2.24) is 0 Å². The quantitative estimate of drug-likeness (QED) is 0.355. The number of halogens is 2. The van der Waals surface area contributed by atoms with Crippen LogP contribution in [-0.2, 0) is 5.16 Å². The molecule has 0 aromatic heterocycles. The highest BCUT2D eigenvalue weighted by atomic mass is 35.5. The average molecular weight is 399 g/mol. The number of rotatable bonds is 3. The highest BCUT2D eigenvalue weighted by Crippen LogP contribution is 2.66. The molecule has 0 spiro atoms. The van der Waals surface area contributed by atoms with Crippen molar-refractivity contribution in [3.63, 3.8) is 0 Å². The summed E-state index contributed by atoms with van der Waals surface area (Å²) in [7, 11) is -0.549. The zero-order chi connectivity index (χ0) is 18.0. The van der Waals surface area contributed by atoms with Gasteiger partial charge in [-0.15, -0.1) is 23.2 Å². The molecule has 3 aromatic rings. The van der Waals surface area contributed by atoms with E-state index in [-0.39, 0.29) is 15.9 Å². The van der Waals surface area contributed by atoms with Crippen molar-refractivity contribution < 1.29 is 0 Å². The third kappa shape index (κ3) is 2.99. The second-order valence-corrected chi connectivity index (χ2v) is 10.2. The normalized spacial score (nSPS) is 24.9. The second-order valence-electron chi connectivity index (χ2n) is 6.69. The van der Waals surface area contributed by atoms with Crippen molar-refractivity contribution in [2.75, 3.05) is 6.16 Å². The Hall–Kier alpha value is -1.33. The summed E-state index contributed by atoms with van der Waals surface area (Å²) in [5.74, 6) is 0. The first-order valence-electron chi connectivity index (χ1n) is 8.96. The van der Waals surface area contributed by atoms with E-state index in [2.05, 4.69) is 91.0 Å². The Morgan fingerprint density at radius 1 is 0.692 bits per heavy atom. The van der Waals surface area contributed by atoms with E-state index in [9.17, 15) is 0 Å². The van der Waals surface area contributed by atoms with Crippen LogP contribution in [0.15, 0.2) is 91.0 Å². The van der Waals surface area contributed by atoms with Crippen LogP contribution in [-0.4, -0.2) is 16.9 Å². The SMILES string of the molecule is ClC1CCP(c2ccccc2)C(c2ccccc2)(c2ccccc2)C1Cl. The summed E-state index contributed by atoms with van der Waals surface area (Å²) < 4.78 is 0. The Labute approximate surface area is 166 Å². The molecule has 3 aromatic carbocycles. The van der Waals surface area contributed by atoms with Gasteiger partial charge in [0.2, 0.25) is 0 Å². The van der Waals surface area contributed by atoms with Gasteiger partial charge in [-0.05, 0) is 29.0 Å². The number of hydrogen-bond donors (Lipinski definition) is 0. The first kappa shape index (κ1) is 18.1. The molecule has 0 bridgehead atoms. The molecule has 132 valence electrons. The largest absolute Gasteiger partial charge is 0.121 e. The molecule has 1 saturated heterocycles. The molecule has 26 heavy (non-hydrogen) atoms. The van der Waals surface area contributed by atoms with E-state index in [1.807, 2.05) is 0 Å². The Balaban J connectivity index is 2.01. The Bertz CT molecular complexity index is 796. The van der Waals surface area contributed by atoms with Gasteiger partial charge < -0.3 is 0 Å². The average Bonchev–Trinajstić information content (AvgIpc) is 2.72. The fraction of sp³-hybridized carbons (Fsp3) is 0.217. The van der Waals surface area contributed by atoms with E-state index in [4.69, 9.17) is 23.2 Å². The Morgan fingerprint density at radius 2 is 1.15 bits per heavy atom. The van der Waals surface area contributed by atoms with Gasteiger partial charge in [-0.2, -0.15) is 0 Å². The van der Waals surface area contributed by atoms with E-state index in [1.165, 1.54) is 16.4 Å². The van der Waals surface area contributed by atoms with Crippen LogP contribution in [0, 0.1) is 0 Å². The minimum Gasteiger partial charge on any atom is -0.121 e. The van der Waals surface area contributed by atoms with Gasteiger partial charge in [0.05, 0.1) is 15.9 Å². The number of benzene rings is 3. The summed E-state index contributed by atoms with van der Waals surface area (Å²) in [5, 5.41) is 0.906. The van der Waals surface area contributed by atoms with Crippen LogP contribution in [0.2, 0.25) is 0 Å². The Morgan fingerprint density at radius 3 is 1.65 bits per heavy atom. The van der Waals surface area contributed by atoms with Crippen LogP contribution in [0.5, 0.6) is 0 Å². The maximum Gasteiger partial charge on any atom is 0.0679 e. The molecule has 0 radical (unpaired) electrons. The highest BCUT2D eigenvalue weighted by molar-refractivity contribution is 7.67. The Kier molecular flexibility index (Phi) is 5.37. The summed E-state index contributed by atoms with van der Waals surface area (Å²) in [4.78, 5) is 0. The molecule has 0 N–H and O–H groups in total. The standard InChI is InChI=1S/C23H21Cl2P/c24-21-16-17-26(20-14-8-3-9-15-20)23(22(21)25,18-10-4-1-5-11-18)19-12-6-2-7-13-19/h1-15,21-22H,16-17H2. The van der Waals surface area contributed by atoms with Gasteiger partial charge in [-0.3, -0.25) is 0 Å². The predicted molar refractivity (Wildman–Crippen MR) is 115 cm³/mol. The lowest BCUT2D eigenvalue weighted by Crippen LogP contribution is -2.47. The maximum absolute atomic E-state index is 7.19. The van der Waals surface area contributed by atoms with Gasteiger partial charge in [0.25, 0.3) is 0 Å². The van der Waals surface area contributed by atoms with Crippen molar-refractivity contribution in [2.24, 2.45) is 0 Å². The first-order valence-corrected chi connectivity index (χ1v) is 11.4. The smallest absolute Gasteiger partial charge is 0.0679 e.